The van der Waals surface area contributed by atoms with E-state index in [0.717, 1.165) is 16.7 Å². The molecule has 0 spiro atoms. The first kappa shape index (κ1) is 46.4. The molecule has 0 aliphatic heterocycles. The molecular weight excluding hydrogens is 798 g/mol. The Labute approximate surface area is 358 Å². The predicted octanol–water partition coefficient (Wildman–Crippen LogP) is 6.15. The summed E-state index contributed by atoms with van der Waals surface area (Å²) in [6, 6.07) is 26.7. The quantitative estimate of drug-likeness (QED) is 0.0277. The average Bonchev–Trinajstić information content (AvgIpc) is 3.65. The van der Waals surface area contributed by atoms with Gasteiger partial charge in [0.15, 0.2) is 11.2 Å². The number of hydrogen-bond donors (Lipinski definition) is 1. The summed E-state index contributed by atoms with van der Waals surface area (Å²) >= 11 is 0. The van der Waals surface area contributed by atoms with Gasteiger partial charge in [0, 0.05) is 33.2 Å². The molecule has 2 heterocycles. The van der Waals surface area contributed by atoms with E-state index >= 15 is 0 Å². The molecule has 0 saturated carbocycles. The van der Waals surface area contributed by atoms with Gasteiger partial charge in [0.05, 0.1) is 65.2 Å². The van der Waals surface area contributed by atoms with Gasteiger partial charge in [-0.15, -0.1) is 0 Å². The summed E-state index contributed by atoms with van der Waals surface area (Å²) in [6.07, 6.45) is 3.15. The Hall–Kier alpha value is -5.69. The lowest BCUT2D eigenvalue weighted by molar-refractivity contribution is -0.123. The van der Waals surface area contributed by atoms with Crippen LogP contribution in [0.2, 0.25) is 0 Å². The summed E-state index contributed by atoms with van der Waals surface area (Å²) in [6.45, 7) is 8.14. The minimum absolute atomic E-state index is 0.0110. The number of rotatable bonds is 22. The number of ether oxygens (including phenoxy) is 3. The molecule has 17 heteroatoms. The fourth-order valence-corrected chi connectivity index (χ4v) is 8.44. The first-order valence-electron chi connectivity index (χ1n) is 19.9. The Bertz CT molecular complexity index is 2250. The van der Waals surface area contributed by atoms with Crippen LogP contribution in [0.15, 0.2) is 95.0 Å². The number of nitrogens with one attached hydrogen (secondary N) is 1. The zero-order chi connectivity index (χ0) is 44.1. The Morgan fingerprint density at radius 3 is 2.05 bits per heavy atom. The number of carbonyl (C=O) groups is 1. The maximum atomic E-state index is 14.2. The lowest BCUT2D eigenvalue weighted by Crippen LogP contribution is -2.46. The van der Waals surface area contributed by atoms with Crippen LogP contribution in [0.3, 0.4) is 0 Å². The first-order chi connectivity index (χ1) is 29.3. The van der Waals surface area contributed by atoms with E-state index in [-0.39, 0.29) is 62.0 Å². The molecule has 2 aromatic heterocycles. The zero-order valence-electron chi connectivity index (χ0n) is 36.3. The van der Waals surface area contributed by atoms with Crippen molar-refractivity contribution in [1.29, 1.82) is 5.26 Å². The molecule has 1 amide bonds. The standard InChI is InChI=1S/C44H56N9O7P/c1-31(2)53(32(3)4)61(59-25-13-24-45)60-28-36(48-39(54)26-52-30-46-40-41(52)49-43(47-29-50(5)6)51(7)42(40)55)27-58-44(33-14-11-10-12-15-33,34-16-20-37(56-8)21-17-34)35-18-22-38(57-9)23-19-35/h10-12,14-23,29-32,36H,13,25-28H2,1-9H3,(H,48,54)/b47-29+/t36-,61?/m0/s1. The summed E-state index contributed by atoms with van der Waals surface area (Å²) in [7, 11) is 6.75. The number of aromatic nitrogens is 4. The van der Waals surface area contributed by atoms with Gasteiger partial charge in [-0.05, 0) is 68.7 Å². The largest absolute Gasteiger partial charge is 0.497 e. The topological polar surface area (TPSA) is 171 Å². The van der Waals surface area contributed by atoms with E-state index in [4.69, 9.17) is 23.3 Å². The van der Waals surface area contributed by atoms with Gasteiger partial charge >= 0.3 is 0 Å². The molecule has 0 aliphatic rings. The van der Waals surface area contributed by atoms with Crippen molar-refractivity contribution in [2.45, 2.75) is 64.4 Å². The molecule has 1 unspecified atom stereocenters. The van der Waals surface area contributed by atoms with Crippen LogP contribution in [0.5, 0.6) is 11.5 Å². The van der Waals surface area contributed by atoms with Crippen molar-refractivity contribution >= 4 is 37.9 Å². The van der Waals surface area contributed by atoms with Gasteiger partial charge in [-0.2, -0.15) is 10.2 Å². The number of methoxy groups -OCH3 is 2. The number of nitriles is 1. The molecular formula is C44H56N9O7P. The molecule has 324 valence electrons. The Kier molecular flexibility index (Phi) is 16.5. The van der Waals surface area contributed by atoms with Gasteiger partial charge in [-0.1, -0.05) is 54.6 Å². The second-order valence-corrected chi connectivity index (χ2v) is 16.4. The SMILES string of the molecule is COc1ccc(C(OC[C@@H](COP(OCCC#N)N(C(C)C)C(C)C)NC(=O)Cn2cnc3c(=O)n(C)c(/N=C/N(C)C)nc32)(c2ccccc2)c2ccc(OC)cc2)cc1. The second kappa shape index (κ2) is 21.7. The number of imidazole rings is 1. The highest BCUT2D eigenvalue weighted by Gasteiger charge is 2.39. The Balaban J connectivity index is 1.56. The predicted molar refractivity (Wildman–Crippen MR) is 236 cm³/mol. The number of amides is 1. The number of fused-ring (bicyclic) bond motifs is 1. The summed E-state index contributed by atoms with van der Waals surface area (Å²) in [5.74, 6) is 1.11. The average molecular weight is 854 g/mol. The minimum atomic E-state index is -1.67. The van der Waals surface area contributed by atoms with Gasteiger partial charge in [0.2, 0.25) is 11.9 Å². The Morgan fingerprint density at radius 1 is 0.918 bits per heavy atom. The van der Waals surface area contributed by atoms with Crippen molar-refractivity contribution in [3.05, 3.63) is 112 Å². The number of benzene rings is 3. The highest BCUT2D eigenvalue weighted by Crippen LogP contribution is 2.46. The van der Waals surface area contributed by atoms with Crippen LogP contribution in [0.25, 0.3) is 11.2 Å². The van der Waals surface area contributed by atoms with Crippen molar-refractivity contribution in [2.24, 2.45) is 12.0 Å². The van der Waals surface area contributed by atoms with Gasteiger partial charge in [-0.3, -0.25) is 14.2 Å². The van der Waals surface area contributed by atoms with Crippen LogP contribution < -0.4 is 20.3 Å². The number of hydrogen-bond acceptors (Lipinski definition) is 12. The van der Waals surface area contributed by atoms with Crippen LogP contribution in [-0.4, -0.2) is 107 Å². The van der Waals surface area contributed by atoms with Gasteiger partial charge in [0.25, 0.3) is 14.1 Å². The van der Waals surface area contributed by atoms with E-state index < -0.39 is 31.6 Å². The van der Waals surface area contributed by atoms with E-state index in [9.17, 15) is 14.9 Å². The number of aliphatic imine (C=N–C) groups is 1. The third-order valence-electron chi connectivity index (χ3n) is 9.63. The third-order valence-corrected chi connectivity index (χ3v) is 11.7. The fourth-order valence-electron chi connectivity index (χ4n) is 6.79. The van der Waals surface area contributed by atoms with Crippen molar-refractivity contribution in [3.63, 3.8) is 0 Å². The highest BCUT2D eigenvalue weighted by atomic mass is 31.2. The molecule has 2 atom stereocenters. The van der Waals surface area contributed by atoms with E-state index in [1.807, 2.05) is 93.0 Å². The van der Waals surface area contributed by atoms with E-state index in [1.165, 1.54) is 21.8 Å². The molecule has 16 nitrogen and oxygen atoms in total. The minimum Gasteiger partial charge on any atom is -0.497 e. The van der Waals surface area contributed by atoms with Crippen molar-refractivity contribution in [2.75, 3.05) is 48.1 Å². The summed E-state index contributed by atoms with van der Waals surface area (Å²) in [5.41, 5.74) is 1.21. The summed E-state index contributed by atoms with van der Waals surface area (Å²) in [4.78, 5) is 42.4. The van der Waals surface area contributed by atoms with Crippen LogP contribution in [0.1, 0.15) is 50.8 Å². The normalized spacial score (nSPS) is 12.9. The molecule has 3 aromatic carbocycles. The van der Waals surface area contributed by atoms with Gasteiger partial charge in [-0.25, -0.2) is 14.6 Å². The smallest absolute Gasteiger partial charge is 0.282 e. The van der Waals surface area contributed by atoms with Crippen LogP contribution in [0, 0.1) is 11.3 Å². The fraction of sp³-hybridized carbons (Fsp3) is 0.409. The van der Waals surface area contributed by atoms with Crippen LogP contribution >= 0.6 is 8.53 Å². The first-order valence-corrected chi connectivity index (χ1v) is 21.1. The maximum absolute atomic E-state index is 14.2. The van der Waals surface area contributed by atoms with Crippen molar-refractivity contribution in [3.8, 4) is 17.6 Å². The van der Waals surface area contributed by atoms with Crippen LogP contribution in [-0.2, 0) is 37.8 Å². The van der Waals surface area contributed by atoms with E-state index in [0.29, 0.717) is 11.5 Å². The molecule has 0 fully saturated rings. The van der Waals surface area contributed by atoms with Crippen molar-refractivity contribution in [1.82, 2.24) is 34.0 Å². The van der Waals surface area contributed by atoms with Crippen molar-refractivity contribution < 1.29 is 28.1 Å². The maximum Gasteiger partial charge on any atom is 0.282 e. The molecule has 0 aliphatic carbocycles. The molecule has 5 rings (SSSR count). The lowest BCUT2D eigenvalue weighted by atomic mass is 9.80. The number of nitrogens with zero attached hydrogens (tertiary/aromatic N) is 8. The summed E-state index contributed by atoms with van der Waals surface area (Å²) in [5, 5.41) is 12.5. The van der Waals surface area contributed by atoms with Gasteiger partial charge < -0.3 is 38.0 Å². The molecule has 61 heavy (non-hydrogen) atoms. The summed E-state index contributed by atoms with van der Waals surface area (Å²) < 4.78 is 36.0. The van der Waals surface area contributed by atoms with E-state index in [1.54, 1.807) is 26.2 Å². The molecule has 0 saturated heterocycles. The lowest BCUT2D eigenvalue weighted by Gasteiger charge is -2.38. The molecule has 0 radical (unpaired) electrons. The van der Waals surface area contributed by atoms with E-state index in [2.05, 4.69) is 58.7 Å². The highest BCUT2D eigenvalue weighted by molar-refractivity contribution is 7.44. The second-order valence-electron chi connectivity index (χ2n) is 15.0. The van der Waals surface area contributed by atoms with Gasteiger partial charge in [0.1, 0.15) is 23.6 Å². The molecule has 0 bridgehead atoms. The van der Waals surface area contributed by atoms with Crippen LogP contribution in [0.4, 0.5) is 5.95 Å². The Morgan fingerprint density at radius 2 is 1.51 bits per heavy atom. The third kappa shape index (κ3) is 11.4. The zero-order valence-corrected chi connectivity index (χ0v) is 37.2. The molecule has 1 N–H and O–H groups in total. The number of carbonyl (C=O) groups excluding carboxylic acids is 1. The monoisotopic (exact) mass is 853 g/mol. The molecule has 5 aromatic rings.